The Morgan fingerprint density at radius 1 is 1.38 bits per heavy atom. The average Bonchev–Trinajstić information content (AvgIpc) is 2.52. The summed E-state index contributed by atoms with van der Waals surface area (Å²) in [5, 5.41) is 4.23. The van der Waals surface area contributed by atoms with E-state index in [0.717, 1.165) is 11.3 Å². The van der Waals surface area contributed by atoms with Crippen molar-refractivity contribution in [1.82, 2.24) is 10.1 Å². The van der Waals surface area contributed by atoms with Crippen LogP contribution < -0.4 is 0 Å². The summed E-state index contributed by atoms with van der Waals surface area (Å²) in [4.78, 5) is 3.88. The Hall–Kier alpha value is -1.35. The van der Waals surface area contributed by atoms with E-state index in [1.165, 1.54) is 0 Å². The maximum atomic E-state index is 5.73. The van der Waals surface area contributed by atoms with Gasteiger partial charge in [-0.15, -0.1) is 0 Å². The summed E-state index contributed by atoms with van der Waals surface area (Å²) < 4.78 is 5.07. The lowest BCUT2D eigenvalue weighted by Crippen LogP contribution is -1.76. The van der Waals surface area contributed by atoms with Crippen molar-refractivity contribution in [3.8, 4) is 11.3 Å². The number of hydrogen-bond acceptors (Lipinski definition) is 3. The van der Waals surface area contributed by atoms with Gasteiger partial charge in [0.1, 0.15) is 5.15 Å². The average molecular weight is 195 g/mol. The Morgan fingerprint density at radius 2 is 2.23 bits per heavy atom. The number of hydrogen-bond donors (Lipinski definition) is 0. The van der Waals surface area contributed by atoms with E-state index < -0.39 is 0 Å². The van der Waals surface area contributed by atoms with Crippen molar-refractivity contribution in [3.05, 3.63) is 35.2 Å². The first-order valence-electron chi connectivity index (χ1n) is 3.81. The summed E-state index contributed by atoms with van der Waals surface area (Å²) in [6, 6.07) is 5.42. The molecule has 0 radical (unpaired) electrons. The van der Waals surface area contributed by atoms with E-state index in [1.807, 2.05) is 19.1 Å². The predicted molar refractivity (Wildman–Crippen MR) is 49.5 cm³/mol. The standard InChI is InChI=1S/C9H7ClN2O/c1-6-4-8(13-12-6)7-2-3-11-9(10)5-7/h2-5H,1H3. The fraction of sp³-hybridized carbons (Fsp3) is 0.111. The smallest absolute Gasteiger partial charge is 0.167 e. The molecule has 0 atom stereocenters. The highest BCUT2D eigenvalue weighted by molar-refractivity contribution is 6.29. The largest absolute Gasteiger partial charge is 0.356 e. The molecular formula is C9H7ClN2O. The first-order valence-corrected chi connectivity index (χ1v) is 4.19. The second-order valence-corrected chi connectivity index (χ2v) is 3.09. The van der Waals surface area contributed by atoms with Crippen LogP contribution in [0, 0.1) is 6.92 Å². The first kappa shape index (κ1) is 8.26. The van der Waals surface area contributed by atoms with Gasteiger partial charge in [-0.1, -0.05) is 16.8 Å². The van der Waals surface area contributed by atoms with Gasteiger partial charge in [0.25, 0.3) is 0 Å². The van der Waals surface area contributed by atoms with Gasteiger partial charge in [-0.2, -0.15) is 0 Å². The molecule has 0 saturated carbocycles. The van der Waals surface area contributed by atoms with Crippen LogP contribution in [0.1, 0.15) is 5.69 Å². The second kappa shape index (κ2) is 3.18. The third-order valence-electron chi connectivity index (χ3n) is 1.64. The summed E-state index contributed by atoms with van der Waals surface area (Å²) in [5.41, 5.74) is 1.74. The Kier molecular flexibility index (Phi) is 2.02. The van der Waals surface area contributed by atoms with E-state index in [9.17, 15) is 0 Å². The molecule has 2 rings (SSSR count). The highest BCUT2D eigenvalue weighted by atomic mass is 35.5. The van der Waals surface area contributed by atoms with Crippen LogP contribution in [-0.4, -0.2) is 10.1 Å². The summed E-state index contributed by atoms with van der Waals surface area (Å²) in [7, 11) is 0. The maximum Gasteiger partial charge on any atom is 0.167 e. The molecule has 4 heteroatoms. The van der Waals surface area contributed by atoms with Gasteiger partial charge >= 0.3 is 0 Å². The minimum absolute atomic E-state index is 0.451. The van der Waals surface area contributed by atoms with Crippen molar-refractivity contribution < 1.29 is 4.52 Å². The molecule has 2 aromatic heterocycles. The number of aryl methyl sites for hydroxylation is 1. The molecule has 0 aliphatic rings. The topological polar surface area (TPSA) is 38.9 Å². The number of aromatic nitrogens is 2. The highest BCUT2D eigenvalue weighted by Gasteiger charge is 2.04. The highest BCUT2D eigenvalue weighted by Crippen LogP contribution is 2.21. The lowest BCUT2D eigenvalue weighted by atomic mass is 10.2. The molecule has 13 heavy (non-hydrogen) atoms. The number of nitrogens with zero attached hydrogens (tertiary/aromatic N) is 2. The molecule has 0 amide bonds. The SMILES string of the molecule is Cc1cc(-c2ccnc(Cl)c2)on1. The number of rotatable bonds is 1. The van der Waals surface area contributed by atoms with E-state index in [-0.39, 0.29) is 0 Å². The Labute approximate surface area is 80.3 Å². The van der Waals surface area contributed by atoms with E-state index in [0.29, 0.717) is 10.9 Å². The zero-order valence-electron chi connectivity index (χ0n) is 6.99. The molecule has 0 fully saturated rings. The molecule has 0 bridgehead atoms. The van der Waals surface area contributed by atoms with Crippen molar-refractivity contribution in [2.24, 2.45) is 0 Å². The van der Waals surface area contributed by atoms with Gasteiger partial charge in [0, 0.05) is 17.8 Å². The van der Waals surface area contributed by atoms with Crippen molar-refractivity contribution in [2.75, 3.05) is 0 Å². The van der Waals surface area contributed by atoms with E-state index >= 15 is 0 Å². The van der Waals surface area contributed by atoms with Gasteiger partial charge in [0.05, 0.1) is 5.69 Å². The molecular weight excluding hydrogens is 188 g/mol. The van der Waals surface area contributed by atoms with E-state index in [4.69, 9.17) is 16.1 Å². The maximum absolute atomic E-state index is 5.73. The molecule has 2 heterocycles. The monoisotopic (exact) mass is 194 g/mol. The van der Waals surface area contributed by atoms with Gasteiger partial charge in [-0.05, 0) is 19.1 Å². The summed E-state index contributed by atoms with van der Waals surface area (Å²) in [6.07, 6.45) is 1.63. The summed E-state index contributed by atoms with van der Waals surface area (Å²) in [6.45, 7) is 1.87. The summed E-state index contributed by atoms with van der Waals surface area (Å²) >= 11 is 5.73. The van der Waals surface area contributed by atoms with Crippen LogP contribution in [0.3, 0.4) is 0 Å². The van der Waals surface area contributed by atoms with Crippen molar-refractivity contribution in [1.29, 1.82) is 0 Å². The fourth-order valence-electron chi connectivity index (χ4n) is 1.06. The molecule has 0 aliphatic heterocycles. The Balaban J connectivity index is 2.46. The Morgan fingerprint density at radius 3 is 2.85 bits per heavy atom. The molecule has 0 spiro atoms. The van der Waals surface area contributed by atoms with Crippen molar-refractivity contribution in [3.63, 3.8) is 0 Å². The van der Waals surface area contributed by atoms with Gasteiger partial charge < -0.3 is 4.52 Å². The van der Waals surface area contributed by atoms with Crippen LogP contribution in [0.25, 0.3) is 11.3 Å². The normalized spacial score (nSPS) is 10.3. The van der Waals surface area contributed by atoms with Gasteiger partial charge in [0.15, 0.2) is 5.76 Å². The lowest BCUT2D eigenvalue weighted by Gasteiger charge is -1.93. The molecule has 3 nitrogen and oxygen atoms in total. The third kappa shape index (κ3) is 1.70. The third-order valence-corrected chi connectivity index (χ3v) is 1.85. The fourth-order valence-corrected chi connectivity index (χ4v) is 1.23. The minimum Gasteiger partial charge on any atom is -0.356 e. The molecule has 0 N–H and O–H groups in total. The molecule has 0 aromatic carbocycles. The first-order chi connectivity index (χ1) is 6.25. The van der Waals surface area contributed by atoms with Crippen molar-refractivity contribution in [2.45, 2.75) is 6.92 Å². The Bertz CT molecular complexity index is 425. The lowest BCUT2D eigenvalue weighted by molar-refractivity contribution is 0.427. The van der Waals surface area contributed by atoms with Crippen LogP contribution in [0.2, 0.25) is 5.15 Å². The second-order valence-electron chi connectivity index (χ2n) is 2.70. The van der Waals surface area contributed by atoms with Crippen molar-refractivity contribution >= 4 is 11.6 Å². The summed E-state index contributed by atoms with van der Waals surface area (Å²) in [5.74, 6) is 0.710. The zero-order chi connectivity index (χ0) is 9.26. The number of pyridine rings is 1. The predicted octanol–water partition coefficient (Wildman–Crippen LogP) is 2.70. The molecule has 0 aliphatic carbocycles. The van der Waals surface area contributed by atoms with Crippen LogP contribution in [0.15, 0.2) is 28.9 Å². The minimum atomic E-state index is 0.451. The zero-order valence-corrected chi connectivity index (χ0v) is 7.75. The van der Waals surface area contributed by atoms with Gasteiger partial charge in [-0.3, -0.25) is 0 Å². The van der Waals surface area contributed by atoms with Crippen LogP contribution >= 0.6 is 11.6 Å². The van der Waals surface area contributed by atoms with Crippen LogP contribution in [0.4, 0.5) is 0 Å². The quantitative estimate of drug-likeness (QED) is 0.656. The van der Waals surface area contributed by atoms with E-state index in [2.05, 4.69) is 10.1 Å². The molecule has 0 unspecified atom stereocenters. The van der Waals surface area contributed by atoms with Crippen LogP contribution in [-0.2, 0) is 0 Å². The molecule has 0 saturated heterocycles. The van der Waals surface area contributed by atoms with E-state index in [1.54, 1.807) is 12.3 Å². The molecule has 2 aromatic rings. The number of halogens is 1. The van der Waals surface area contributed by atoms with Gasteiger partial charge in [-0.25, -0.2) is 4.98 Å². The van der Waals surface area contributed by atoms with Crippen LogP contribution in [0.5, 0.6) is 0 Å². The van der Waals surface area contributed by atoms with Gasteiger partial charge in [0.2, 0.25) is 0 Å². The molecule has 66 valence electrons.